The van der Waals surface area contributed by atoms with Crippen molar-refractivity contribution < 1.29 is 9.59 Å². The second-order valence-corrected chi connectivity index (χ2v) is 5.52. The minimum absolute atomic E-state index is 0.0110. The Balaban J connectivity index is 2.91. The molecule has 0 bridgehead atoms. The highest BCUT2D eigenvalue weighted by atomic mass is 16.1. The highest BCUT2D eigenvalue weighted by Crippen LogP contribution is 2.41. The predicted octanol–water partition coefficient (Wildman–Crippen LogP) is 2.74. The fourth-order valence-corrected chi connectivity index (χ4v) is 3.59. The summed E-state index contributed by atoms with van der Waals surface area (Å²) in [7, 11) is 0. The van der Waals surface area contributed by atoms with Crippen LogP contribution >= 0.6 is 0 Å². The molecule has 5 unspecified atom stereocenters. The first-order chi connectivity index (χ1) is 8.63. The van der Waals surface area contributed by atoms with E-state index in [2.05, 4.69) is 23.8 Å². The number of carbonyl (C=O) groups excluding carboxylic acids is 2. The van der Waals surface area contributed by atoms with Crippen LogP contribution in [0.15, 0.2) is 9.98 Å². The smallest absolute Gasteiger partial charge is 0.211 e. The van der Waals surface area contributed by atoms with E-state index >= 15 is 0 Å². The lowest BCUT2D eigenvalue weighted by Crippen LogP contribution is -2.39. The third kappa shape index (κ3) is 3.63. The molecule has 4 heteroatoms. The summed E-state index contributed by atoms with van der Waals surface area (Å²) < 4.78 is 0. The Bertz CT molecular complexity index is 357. The summed E-state index contributed by atoms with van der Waals surface area (Å²) in [6.07, 6.45) is 6.34. The highest BCUT2D eigenvalue weighted by Gasteiger charge is 2.38. The van der Waals surface area contributed by atoms with E-state index in [4.69, 9.17) is 0 Å². The first-order valence-corrected chi connectivity index (χ1v) is 6.74. The van der Waals surface area contributed by atoms with Crippen molar-refractivity contribution in [3.63, 3.8) is 0 Å². The zero-order valence-electron chi connectivity index (χ0n) is 11.4. The number of hydrogen-bond donors (Lipinski definition) is 0. The van der Waals surface area contributed by atoms with Gasteiger partial charge in [0.05, 0.1) is 12.6 Å². The second-order valence-electron chi connectivity index (χ2n) is 5.52. The van der Waals surface area contributed by atoms with Crippen LogP contribution in [-0.2, 0) is 9.59 Å². The summed E-state index contributed by atoms with van der Waals surface area (Å²) in [5.74, 6) is 1.79. The van der Waals surface area contributed by atoms with E-state index < -0.39 is 0 Å². The van der Waals surface area contributed by atoms with Gasteiger partial charge in [-0.2, -0.15) is 0 Å². The third-order valence-electron chi connectivity index (χ3n) is 4.15. The van der Waals surface area contributed by atoms with E-state index in [1.54, 1.807) is 12.2 Å². The maximum absolute atomic E-state index is 10.5. The molecular weight excluding hydrogens is 228 g/mol. The molecule has 0 spiro atoms. The average Bonchev–Trinajstić information content (AvgIpc) is 2.33. The number of rotatable bonds is 5. The van der Waals surface area contributed by atoms with Gasteiger partial charge < -0.3 is 0 Å². The minimum Gasteiger partial charge on any atom is -0.211 e. The molecule has 0 aliphatic heterocycles. The lowest BCUT2D eigenvalue weighted by atomic mass is 9.65. The lowest BCUT2D eigenvalue weighted by Gasteiger charge is -2.41. The minimum atomic E-state index is 0.0110. The summed E-state index contributed by atoms with van der Waals surface area (Å²) >= 11 is 0. The SMILES string of the molecule is CCC(N=C=O)C1C(C)CC(C)CC1CN=C=O. The van der Waals surface area contributed by atoms with Crippen molar-refractivity contribution in [1.29, 1.82) is 0 Å². The van der Waals surface area contributed by atoms with Crippen LogP contribution in [0, 0.1) is 23.7 Å². The summed E-state index contributed by atoms with van der Waals surface area (Å²) in [6.45, 7) is 6.99. The molecule has 0 amide bonds. The molecule has 1 rings (SSSR count). The molecule has 0 radical (unpaired) electrons. The van der Waals surface area contributed by atoms with Crippen molar-refractivity contribution in [2.75, 3.05) is 6.54 Å². The Hall–Kier alpha value is -1.24. The molecular formula is C14H22N2O2. The molecule has 1 fully saturated rings. The van der Waals surface area contributed by atoms with Gasteiger partial charge >= 0.3 is 0 Å². The second kappa shape index (κ2) is 7.25. The van der Waals surface area contributed by atoms with Gasteiger partial charge in [-0.05, 0) is 42.9 Å². The van der Waals surface area contributed by atoms with Crippen LogP contribution in [0.4, 0.5) is 0 Å². The van der Waals surface area contributed by atoms with Crippen molar-refractivity contribution in [2.24, 2.45) is 33.7 Å². The van der Waals surface area contributed by atoms with Gasteiger partial charge in [0, 0.05) is 0 Å². The number of aliphatic imine (C=N–C) groups is 2. The third-order valence-corrected chi connectivity index (χ3v) is 4.15. The van der Waals surface area contributed by atoms with Crippen LogP contribution < -0.4 is 0 Å². The fourth-order valence-electron chi connectivity index (χ4n) is 3.59. The zero-order valence-corrected chi connectivity index (χ0v) is 11.4. The molecule has 0 aromatic carbocycles. The van der Waals surface area contributed by atoms with Crippen LogP contribution in [0.5, 0.6) is 0 Å². The molecule has 0 saturated heterocycles. The van der Waals surface area contributed by atoms with Gasteiger partial charge in [-0.25, -0.2) is 19.6 Å². The molecule has 1 aliphatic carbocycles. The van der Waals surface area contributed by atoms with E-state index in [9.17, 15) is 9.59 Å². The van der Waals surface area contributed by atoms with E-state index in [0.29, 0.717) is 30.2 Å². The van der Waals surface area contributed by atoms with Crippen molar-refractivity contribution >= 4 is 12.2 Å². The Morgan fingerprint density at radius 2 is 1.94 bits per heavy atom. The van der Waals surface area contributed by atoms with Crippen LogP contribution in [-0.4, -0.2) is 24.7 Å². The van der Waals surface area contributed by atoms with Crippen molar-refractivity contribution in [2.45, 2.75) is 46.1 Å². The number of isocyanates is 2. The Morgan fingerprint density at radius 1 is 1.22 bits per heavy atom. The van der Waals surface area contributed by atoms with Crippen LogP contribution in [0.1, 0.15) is 40.0 Å². The van der Waals surface area contributed by atoms with Crippen LogP contribution in [0.25, 0.3) is 0 Å². The molecule has 100 valence electrons. The van der Waals surface area contributed by atoms with Crippen molar-refractivity contribution in [3.8, 4) is 0 Å². The molecule has 4 nitrogen and oxygen atoms in total. The zero-order chi connectivity index (χ0) is 13.5. The quantitative estimate of drug-likeness (QED) is 0.556. The standard InChI is InChI=1S/C14H22N2O2/c1-4-13(16-9-18)14-11(3)5-10(2)6-12(14)7-15-8-17/h10-14H,4-7H2,1-3H3. The molecule has 0 aromatic heterocycles. The van der Waals surface area contributed by atoms with Gasteiger partial charge in [-0.15, -0.1) is 0 Å². The molecule has 18 heavy (non-hydrogen) atoms. The summed E-state index contributed by atoms with van der Waals surface area (Å²) in [4.78, 5) is 28.5. The average molecular weight is 250 g/mol. The monoisotopic (exact) mass is 250 g/mol. The van der Waals surface area contributed by atoms with Gasteiger partial charge in [-0.3, -0.25) is 0 Å². The fraction of sp³-hybridized carbons (Fsp3) is 0.857. The Morgan fingerprint density at radius 3 is 2.50 bits per heavy atom. The Labute approximate surface area is 109 Å². The maximum atomic E-state index is 10.5. The topological polar surface area (TPSA) is 58.9 Å². The summed E-state index contributed by atoms with van der Waals surface area (Å²) in [6, 6.07) is 0.0110. The van der Waals surface area contributed by atoms with Gasteiger partial charge in [0.2, 0.25) is 12.2 Å². The van der Waals surface area contributed by atoms with Crippen molar-refractivity contribution in [3.05, 3.63) is 0 Å². The van der Waals surface area contributed by atoms with Crippen molar-refractivity contribution in [1.82, 2.24) is 0 Å². The van der Waals surface area contributed by atoms with Gasteiger partial charge in [-0.1, -0.05) is 20.8 Å². The Kier molecular flexibility index (Phi) is 5.97. The predicted molar refractivity (Wildman–Crippen MR) is 69.7 cm³/mol. The van der Waals surface area contributed by atoms with E-state index in [0.717, 1.165) is 19.3 Å². The molecule has 0 heterocycles. The number of nitrogens with zero attached hydrogens (tertiary/aromatic N) is 2. The van der Waals surface area contributed by atoms with E-state index in [-0.39, 0.29) is 6.04 Å². The summed E-state index contributed by atoms with van der Waals surface area (Å²) in [5.41, 5.74) is 0. The lowest BCUT2D eigenvalue weighted by molar-refractivity contribution is 0.105. The molecule has 1 aliphatic rings. The molecule has 1 saturated carbocycles. The molecule has 0 aromatic rings. The molecule has 0 N–H and O–H groups in total. The summed E-state index contributed by atoms with van der Waals surface area (Å²) in [5, 5.41) is 0. The van der Waals surface area contributed by atoms with Crippen LogP contribution in [0.2, 0.25) is 0 Å². The molecule has 5 atom stereocenters. The largest absolute Gasteiger partial charge is 0.235 e. The maximum Gasteiger partial charge on any atom is 0.235 e. The van der Waals surface area contributed by atoms with Crippen LogP contribution in [0.3, 0.4) is 0 Å². The highest BCUT2D eigenvalue weighted by molar-refractivity contribution is 5.34. The van der Waals surface area contributed by atoms with Gasteiger partial charge in [0.25, 0.3) is 0 Å². The first-order valence-electron chi connectivity index (χ1n) is 6.74. The van der Waals surface area contributed by atoms with E-state index in [1.165, 1.54) is 0 Å². The van der Waals surface area contributed by atoms with Gasteiger partial charge in [0.15, 0.2) is 0 Å². The van der Waals surface area contributed by atoms with E-state index in [1.807, 2.05) is 6.92 Å². The number of hydrogen-bond acceptors (Lipinski definition) is 4. The first kappa shape index (κ1) is 14.8. The normalized spacial score (nSPS) is 33.1. The van der Waals surface area contributed by atoms with Gasteiger partial charge in [0.1, 0.15) is 0 Å².